The minimum Gasteiger partial charge on any atom is -0.396 e. The maximum Gasteiger partial charge on any atom is 0.243 e. The zero-order chi connectivity index (χ0) is 25.6. The van der Waals surface area contributed by atoms with Gasteiger partial charge < -0.3 is 19.9 Å². The van der Waals surface area contributed by atoms with Crippen molar-refractivity contribution in [1.29, 1.82) is 0 Å². The molecule has 1 aliphatic heterocycles. The molecule has 1 saturated carbocycles. The van der Waals surface area contributed by atoms with Crippen LogP contribution in [0.5, 0.6) is 0 Å². The summed E-state index contributed by atoms with van der Waals surface area (Å²) >= 11 is 5.92. The van der Waals surface area contributed by atoms with Gasteiger partial charge in [0.2, 0.25) is 11.8 Å². The number of fused-ring (bicyclic) bond motifs is 2. The average molecular weight is 512 g/mol. The van der Waals surface area contributed by atoms with Crippen LogP contribution in [-0.4, -0.2) is 50.9 Å². The molecule has 36 heavy (non-hydrogen) atoms. The number of amides is 2. The Hall–Kier alpha value is -3.23. The molecule has 2 amide bonds. The van der Waals surface area contributed by atoms with Crippen LogP contribution in [-0.2, 0) is 16.1 Å². The van der Waals surface area contributed by atoms with E-state index in [1.54, 1.807) is 21.7 Å². The van der Waals surface area contributed by atoms with Gasteiger partial charge in [0, 0.05) is 40.9 Å². The minimum atomic E-state index is -0.776. The van der Waals surface area contributed by atoms with Gasteiger partial charge in [-0.25, -0.2) is 4.39 Å². The second-order valence-corrected chi connectivity index (χ2v) is 9.98. The summed E-state index contributed by atoms with van der Waals surface area (Å²) in [5.41, 5.74) is 1.53. The summed E-state index contributed by atoms with van der Waals surface area (Å²) < 4.78 is 16.4. The van der Waals surface area contributed by atoms with Crippen LogP contribution in [0, 0.1) is 11.7 Å². The molecule has 0 spiro atoms. The van der Waals surface area contributed by atoms with Crippen molar-refractivity contribution in [3.63, 3.8) is 0 Å². The number of hydrogen-bond donors (Lipinski definition) is 2. The fourth-order valence-electron chi connectivity index (χ4n) is 5.43. The smallest absolute Gasteiger partial charge is 0.243 e. The number of Topliss-reactive ketones (excluding diaryl/α,β-unsaturated/α-hetero) is 1. The molecule has 9 heteroatoms. The SMILES string of the molecule is CC(=O)c1cn(CC(=O)N2[C@@H]3C[C@@H]3C[C@H]2C(=O)N[C@H](CCO)c2cccc(Cl)c2F)c2ccccc12. The van der Waals surface area contributed by atoms with Crippen LogP contribution in [0.15, 0.2) is 48.7 Å². The Balaban J connectivity index is 1.37. The Morgan fingerprint density at radius 3 is 2.69 bits per heavy atom. The Kier molecular flexibility index (Phi) is 6.57. The van der Waals surface area contributed by atoms with E-state index >= 15 is 0 Å². The van der Waals surface area contributed by atoms with Crippen LogP contribution in [0.3, 0.4) is 0 Å². The number of para-hydroxylation sites is 1. The lowest BCUT2D eigenvalue weighted by Crippen LogP contribution is -2.49. The molecule has 2 aromatic carbocycles. The van der Waals surface area contributed by atoms with E-state index < -0.39 is 17.9 Å². The van der Waals surface area contributed by atoms with Crippen molar-refractivity contribution in [1.82, 2.24) is 14.8 Å². The highest BCUT2D eigenvalue weighted by Crippen LogP contribution is 2.48. The van der Waals surface area contributed by atoms with E-state index in [-0.39, 0.29) is 59.7 Å². The maximum atomic E-state index is 14.6. The molecule has 2 heterocycles. The van der Waals surface area contributed by atoms with Gasteiger partial charge >= 0.3 is 0 Å². The molecular formula is C27H27ClFN3O4. The molecule has 5 rings (SSSR count). The summed E-state index contributed by atoms with van der Waals surface area (Å²) in [6, 6.07) is 10.5. The first kappa shape index (κ1) is 24.5. The van der Waals surface area contributed by atoms with Crippen LogP contribution in [0.2, 0.25) is 5.02 Å². The lowest BCUT2D eigenvalue weighted by atomic mass is 10.0. The van der Waals surface area contributed by atoms with E-state index in [1.165, 1.54) is 19.1 Å². The normalized spacial score (nSPS) is 21.3. The maximum absolute atomic E-state index is 14.6. The quantitative estimate of drug-likeness (QED) is 0.449. The van der Waals surface area contributed by atoms with Crippen LogP contribution >= 0.6 is 11.6 Å². The molecule has 2 N–H and O–H groups in total. The summed E-state index contributed by atoms with van der Waals surface area (Å²) in [4.78, 5) is 40.6. The predicted molar refractivity (Wildman–Crippen MR) is 133 cm³/mol. The van der Waals surface area contributed by atoms with Crippen LogP contribution in [0.25, 0.3) is 10.9 Å². The zero-order valence-corrected chi connectivity index (χ0v) is 20.5. The molecule has 0 unspecified atom stereocenters. The van der Waals surface area contributed by atoms with Crippen molar-refractivity contribution >= 4 is 40.1 Å². The van der Waals surface area contributed by atoms with Gasteiger partial charge in [-0.3, -0.25) is 14.4 Å². The van der Waals surface area contributed by atoms with Crippen molar-refractivity contribution in [2.75, 3.05) is 6.61 Å². The standard InChI is InChI=1S/C27H27ClFN3O4/c1-15(34)19-13-31(22-8-3-2-5-17(19)22)14-25(35)32-23-11-16(23)12-24(32)27(36)30-21(9-10-33)18-6-4-7-20(28)26(18)29/h2-8,13,16,21,23-24,33H,9-12,14H2,1H3,(H,30,36)/t16-,21-,23-,24+/m1/s1. The lowest BCUT2D eigenvalue weighted by molar-refractivity contribution is -0.140. The number of hydrogen-bond acceptors (Lipinski definition) is 4. The number of piperidine rings is 1. The second kappa shape index (κ2) is 9.67. The molecule has 4 atom stereocenters. The Morgan fingerprint density at radius 2 is 1.94 bits per heavy atom. The third-order valence-electron chi connectivity index (χ3n) is 7.26. The van der Waals surface area contributed by atoms with Gasteiger partial charge in [-0.2, -0.15) is 0 Å². The van der Waals surface area contributed by atoms with Crippen LogP contribution in [0.4, 0.5) is 4.39 Å². The number of nitrogens with zero attached hydrogens (tertiary/aromatic N) is 2. The van der Waals surface area contributed by atoms with Crippen molar-refractivity contribution < 1.29 is 23.9 Å². The molecular weight excluding hydrogens is 485 g/mol. The highest BCUT2D eigenvalue weighted by atomic mass is 35.5. The number of likely N-dealkylation sites (tertiary alicyclic amines) is 1. The van der Waals surface area contributed by atoms with Crippen LogP contribution < -0.4 is 5.32 Å². The monoisotopic (exact) mass is 511 g/mol. The van der Waals surface area contributed by atoms with Crippen molar-refractivity contribution in [2.45, 2.75) is 50.9 Å². The van der Waals surface area contributed by atoms with E-state index in [0.29, 0.717) is 12.0 Å². The minimum absolute atomic E-state index is 0.00144. The molecule has 2 aliphatic rings. The van der Waals surface area contributed by atoms with E-state index in [4.69, 9.17) is 11.6 Å². The van der Waals surface area contributed by atoms with E-state index in [9.17, 15) is 23.9 Å². The third kappa shape index (κ3) is 4.40. The first-order chi connectivity index (χ1) is 17.3. The highest BCUT2D eigenvalue weighted by Gasteiger charge is 2.56. The molecule has 1 aliphatic carbocycles. The summed E-state index contributed by atoms with van der Waals surface area (Å²) in [6.45, 7) is 1.24. The number of nitrogens with one attached hydrogen (secondary N) is 1. The highest BCUT2D eigenvalue weighted by molar-refractivity contribution is 6.30. The van der Waals surface area contributed by atoms with Gasteiger partial charge in [0.15, 0.2) is 5.78 Å². The third-order valence-corrected chi connectivity index (χ3v) is 7.55. The van der Waals surface area contributed by atoms with E-state index in [2.05, 4.69) is 5.32 Å². The first-order valence-corrected chi connectivity index (χ1v) is 12.4. The molecule has 1 saturated heterocycles. The van der Waals surface area contributed by atoms with Gasteiger partial charge in [0.05, 0.1) is 11.1 Å². The van der Waals surface area contributed by atoms with Crippen molar-refractivity contribution in [2.24, 2.45) is 5.92 Å². The number of carbonyl (C=O) groups is 3. The molecule has 3 aromatic rings. The van der Waals surface area contributed by atoms with Gasteiger partial charge in [-0.1, -0.05) is 41.9 Å². The number of benzene rings is 2. The van der Waals surface area contributed by atoms with E-state index in [0.717, 1.165) is 17.3 Å². The topological polar surface area (TPSA) is 91.6 Å². The number of aliphatic hydroxyl groups excluding tert-OH is 1. The largest absolute Gasteiger partial charge is 0.396 e. The average Bonchev–Trinajstić information content (AvgIpc) is 3.35. The van der Waals surface area contributed by atoms with Crippen molar-refractivity contribution in [3.8, 4) is 0 Å². The number of rotatable bonds is 8. The number of ketones is 1. The van der Waals surface area contributed by atoms with Gasteiger partial charge in [-0.05, 0) is 44.2 Å². The Bertz CT molecular complexity index is 1360. The summed E-state index contributed by atoms with van der Waals surface area (Å²) in [6.07, 6.45) is 3.19. The number of aromatic nitrogens is 1. The molecule has 188 valence electrons. The van der Waals surface area contributed by atoms with E-state index in [1.807, 2.05) is 24.3 Å². The van der Waals surface area contributed by atoms with Crippen LogP contribution in [0.1, 0.15) is 48.1 Å². The van der Waals surface area contributed by atoms with Gasteiger partial charge in [0.1, 0.15) is 18.4 Å². The number of halogens is 2. The van der Waals surface area contributed by atoms with Crippen molar-refractivity contribution in [3.05, 3.63) is 70.6 Å². The Morgan fingerprint density at radius 1 is 1.17 bits per heavy atom. The first-order valence-electron chi connectivity index (χ1n) is 12.0. The Labute approximate surface area is 212 Å². The zero-order valence-electron chi connectivity index (χ0n) is 19.8. The summed E-state index contributed by atoms with van der Waals surface area (Å²) in [5, 5.41) is 13.1. The number of carbonyl (C=O) groups excluding carboxylic acids is 3. The predicted octanol–water partition coefficient (Wildman–Crippen LogP) is 3.87. The van der Waals surface area contributed by atoms with Gasteiger partial charge in [0.25, 0.3) is 0 Å². The molecule has 7 nitrogen and oxygen atoms in total. The fraction of sp³-hybridized carbons (Fsp3) is 0.370. The molecule has 0 bridgehead atoms. The number of aliphatic hydroxyl groups is 1. The van der Waals surface area contributed by atoms with Gasteiger partial charge in [-0.15, -0.1) is 0 Å². The molecule has 0 radical (unpaired) electrons. The molecule has 1 aromatic heterocycles. The summed E-state index contributed by atoms with van der Waals surface area (Å²) in [5.74, 6) is -1.04. The fourth-order valence-corrected chi connectivity index (χ4v) is 5.61. The lowest BCUT2D eigenvalue weighted by Gasteiger charge is -2.29. The molecule has 2 fully saturated rings. The second-order valence-electron chi connectivity index (χ2n) is 9.58. The summed E-state index contributed by atoms with van der Waals surface area (Å²) in [7, 11) is 0.